The molecular formula is C15H22O. The second-order valence-electron chi connectivity index (χ2n) is 6.12. The maximum absolute atomic E-state index is 12.4. The van der Waals surface area contributed by atoms with E-state index in [1.165, 1.54) is 32.1 Å². The van der Waals surface area contributed by atoms with Crippen LogP contribution in [0.4, 0.5) is 0 Å². The van der Waals surface area contributed by atoms with Crippen LogP contribution >= 0.6 is 0 Å². The lowest BCUT2D eigenvalue weighted by Crippen LogP contribution is -2.59. The Labute approximate surface area is 98.3 Å². The van der Waals surface area contributed by atoms with Gasteiger partial charge in [0.1, 0.15) is 5.78 Å². The Hall–Kier alpha value is -0.590. The number of ketones is 1. The molecule has 0 heterocycles. The highest BCUT2D eigenvalue weighted by Gasteiger charge is 2.60. The first-order valence-corrected chi connectivity index (χ1v) is 6.95. The number of fused-ring (bicyclic) bond motifs is 1. The minimum Gasteiger partial charge on any atom is -0.299 e. The predicted octanol–water partition coefficient (Wildman–Crippen LogP) is 3.74. The molecule has 16 heavy (non-hydrogen) atoms. The Bertz CT molecular complexity index is 324. The van der Waals surface area contributed by atoms with Crippen molar-refractivity contribution in [3.05, 3.63) is 12.2 Å². The summed E-state index contributed by atoms with van der Waals surface area (Å²) in [5.74, 6) is 2.24. The average Bonchev–Trinajstić information content (AvgIpc) is 2.38. The molecule has 0 spiro atoms. The third kappa shape index (κ3) is 1.26. The number of hydrogen-bond acceptors (Lipinski definition) is 1. The molecule has 1 nitrogen and oxygen atoms in total. The SMILES string of the molecule is C[C@@]1(C2CCCCC2)C(=O)[C@@H]2CCC=C[C@@H]21. The molecule has 0 aromatic rings. The van der Waals surface area contributed by atoms with E-state index in [0.717, 1.165) is 12.8 Å². The van der Waals surface area contributed by atoms with Gasteiger partial charge in [-0.1, -0.05) is 38.3 Å². The minimum absolute atomic E-state index is 0.0159. The Balaban J connectivity index is 1.83. The van der Waals surface area contributed by atoms with E-state index in [2.05, 4.69) is 19.1 Å². The van der Waals surface area contributed by atoms with Gasteiger partial charge in [-0.05, 0) is 37.5 Å². The van der Waals surface area contributed by atoms with Crippen molar-refractivity contribution in [2.75, 3.05) is 0 Å². The van der Waals surface area contributed by atoms with E-state index in [-0.39, 0.29) is 5.41 Å². The van der Waals surface area contributed by atoms with Gasteiger partial charge in [0.25, 0.3) is 0 Å². The van der Waals surface area contributed by atoms with Gasteiger partial charge in [0.05, 0.1) is 0 Å². The summed E-state index contributed by atoms with van der Waals surface area (Å²) in [6, 6.07) is 0. The Morgan fingerprint density at radius 1 is 1.19 bits per heavy atom. The molecule has 1 heteroatoms. The Kier molecular flexibility index (Phi) is 2.45. The maximum atomic E-state index is 12.4. The van der Waals surface area contributed by atoms with Crippen molar-refractivity contribution < 1.29 is 4.79 Å². The third-order valence-corrected chi connectivity index (χ3v) is 5.43. The predicted molar refractivity (Wildman–Crippen MR) is 65.0 cm³/mol. The highest BCUT2D eigenvalue weighted by Crippen LogP contribution is 2.58. The maximum Gasteiger partial charge on any atom is 0.143 e. The van der Waals surface area contributed by atoms with Gasteiger partial charge in [-0.2, -0.15) is 0 Å². The van der Waals surface area contributed by atoms with Crippen LogP contribution in [0.1, 0.15) is 51.9 Å². The highest BCUT2D eigenvalue weighted by atomic mass is 16.1. The molecule has 88 valence electrons. The molecule has 0 radical (unpaired) electrons. The summed E-state index contributed by atoms with van der Waals surface area (Å²) in [7, 11) is 0. The summed E-state index contributed by atoms with van der Waals surface area (Å²) in [4.78, 5) is 12.4. The Morgan fingerprint density at radius 3 is 2.69 bits per heavy atom. The number of allylic oxidation sites excluding steroid dienone is 2. The molecule has 3 rings (SSSR count). The summed E-state index contributed by atoms with van der Waals surface area (Å²) in [6.45, 7) is 2.25. The molecule has 3 aliphatic rings. The first-order chi connectivity index (χ1) is 7.74. The number of hydrogen-bond donors (Lipinski definition) is 0. The van der Waals surface area contributed by atoms with Gasteiger partial charge in [-0.3, -0.25) is 4.79 Å². The minimum atomic E-state index is 0.0159. The van der Waals surface area contributed by atoms with Crippen molar-refractivity contribution in [2.24, 2.45) is 23.2 Å². The van der Waals surface area contributed by atoms with Crippen molar-refractivity contribution >= 4 is 5.78 Å². The lowest BCUT2D eigenvalue weighted by atomic mass is 9.45. The monoisotopic (exact) mass is 218 g/mol. The number of carbonyl (C=O) groups excluding carboxylic acids is 1. The first-order valence-electron chi connectivity index (χ1n) is 6.95. The first kappa shape index (κ1) is 10.6. The van der Waals surface area contributed by atoms with E-state index in [0.29, 0.717) is 23.5 Å². The van der Waals surface area contributed by atoms with Crippen molar-refractivity contribution in [1.29, 1.82) is 0 Å². The summed E-state index contributed by atoms with van der Waals surface area (Å²) >= 11 is 0. The molecule has 0 bridgehead atoms. The summed E-state index contributed by atoms with van der Waals surface area (Å²) in [6.07, 6.45) is 13.5. The Morgan fingerprint density at radius 2 is 1.94 bits per heavy atom. The quantitative estimate of drug-likeness (QED) is 0.613. The van der Waals surface area contributed by atoms with Crippen LogP contribution in [0, 0.1) is 23.2 Å². The van der Waals surface area contributed by atoms with Crippen molar-refractivity contribution in [2.45, 2.75) is 51.9 Å². The molecule has 0 N–H and O–H groups in total. The van der Waals surface area contributed by atoms with E-state index < -0.39 is 0 Å². The molecule has 0 amide bonds. The third-order valence-electron chi connectivity index (χ3n) is 5.43. The number of rotatable bonds is 1. The topological polar surface area (TPSA) is 17.1 Å². The van der Waals surface area contributed by atoms with Crippen LogP contribution in [-0.2, 0) is 4.79 Å². The molecule has 3 atom stereocenters. The molecule has 0 aromatic carbocycles. The second-order valence-corrected chi connectivity index (χ2v) is 6.12. The fourth-order valence-corrected chi connectivity index (χ4v) is 4.39. The van der Waals surface area contributed by atoms with E-state index in [4.69, 9.17) is 0 Å². The lowest BCUT2D eigenvalue weighted by molar-refractivity contribution is -0.160. The van der Waals surface area contributed by atoms with Gasteiger partial charge in [0.2, 0.25) is 0 Å². The zero-order chi connectivity index (χ0) is 11.2. The van der Waals surface area contributed by atoms with Crippen LogP contribution in [0.25, 0.3) is 0 Å². The molecule has 0 unspecified atom stereocenters. The van der Waals surface area contributed by atoms with Crippen LogP contribution in [0.5, 0.6) is 0 Å². The zero-order valence-corrected chi connectivity index (χ0v) is 10.2. The van der Waals surface area contributed by atoms with Gasteiger partial charge in [0, 0.05) is 11.3 Å². The van der Waals surface area contributed by atoms with Crippen LogP contribution in [0.2, 0.25) is 0 Å². The molecule has 3 aliphatic carbocycles. The number of carbonyl (C=O) groups is 1. The van der Waals surface area contributed by atoms with Gasteiger partial charge in [0.15, 0.2) is 0 Å². The smallest absolute Gasteiger partial charge is 0.143 e. The van der Waals surface area contributed by atoms with E-state index >= 15 is 0 Å². The van der Waals surface area contributed by atoms with E-state index in [1.807, 2.05) is 0 Å². The van der Waals surface area contributed by atoms with Gasteiger partial charge in [-0.25, -0.2) is 0 Å². The summed E-state index contributed by atoms with van der Waals surface area (Å²) in [5, 5.41) is 0. The molecule has 0 saturated heterocycles. The van der Waals surface area contributed by atoms with E-state index in [1.54, 1.807) is 0 Å². The normalized spacial score (nSPS) is 43.9. The molecule has 0 aliphatic heterocycles. The number of Topliss-reactive ketones (excluding diaryl/α,β-unsaturated/α-hetero) is 1. The summed E-state index contributed by atoms with van der Waals surface area (Å²) in [5.41, 5.74) is 0.0159. The highest BCUT2D eigenvalue weighted by molar-refractivity contribution is 5.94. The van der Waals surface area contributed by atoms with Crippen LogP contribution in [-0.4, -0.2) is 5.78 Å². The molecule has 2 saturated carbocycles. The fraction of sp³-hybridized carbons (Fsp3) is 0.800. The molecule has 0 aromatic heterocycles. The average molecular weight is 218 g/mol. The van der Waals surface area contributed by atoms with Gasteiger partial charge >= 0.3 is 0 Å². The standard InChI is InChI=1S/C15H22O/c1-15(11-7-3-2-4-8-11)13-10-6-5-9-12(13)14(15)16/h6,10-13H,2-5,7-9H2,1H3/t12-,13+,15+/m1/s1. The fourth-order valence-electron chi connectivity index (χ4n) is 4.39. The molecular weight excluding hydrogens is 196 g/mol. The van der Waals surface area contributed by atoms with E-state index in [9.17, 15) is 4.79 Å². The van der Waals surface area contributed by atoms with Crippen LogP contribution in [0.3, 0.4) is 0 Å². The van der Waals surface area contributed by atoms with Crippen LogP contribution < -0.4 is 0 Å². The van der Waals surface area contributed by atoms with Gasteiger partial charge in [-0.15, -0.1) is 0 Å². The largest absolute Gasteiger partial charge is 0.299 e. The van der Waals surface area contributed by atoms with Crippen LogP contribution in [0.15, 0.2) is 12.2 Å². The molecule has 2 fully saturated rings. The van der Waals surface area contributed by atoms with Crippen molar-refractivity contribution in [3.63, 3.8) is 0 Å². The van der Waals surface area contributed by atoms with Crippen molar-refractivity contribution in [3.8, 4) is 0 Å². The van der Waals surface area contributed by atoms with Crippen molar-refractivity contribution in [1.82, 2.24) is 0 Å². The second kappa shape index (κ2) is 3.72. The summed E-state index contributed by atoms with van der Waals surface area (Å²) < 4.78 is 0. The lowest BCUT2D eigenvalue weighted by Gasteiger charge is -2.56. The zero-order valence-electron chi connectivity index (χ0n) is 10.2. The van der Waals surface area contributed by atoms with Gasteiger partial charge < -0.3 is 0 Å².